The van der Waals surface area contributed by atoms with Crippen molar-refractivity contribution in [2.45, 2.75) is 26.7 Å². The van der Waals surface area contributed by atoms with Crippen molar-refractivity contribution in [1.82, 2.24) is 0 Å². The lowest BCUT2D eigenvalue weighted by molar-refractivity contribution is 0.298. The molecule has 0 amide bonds. The SMILES string of the molecule is CCOC(=CC1=NCCC1)c1ccc(C)cc1.F[B-](F)(F)F. The molecule has 0 bridgehead atoms. The van der Waals surface area contributed by atoms with Crippen LogP contribution in [0.1, 0.15) is 30.9 Å². The molecule has 1 aromatic rings. The van der Waals surface area contributed by atoms with E-state index in [0.29, 0.717) is 6.61 Å². The maximum absolute atomic E-state index is 9.75. The average Bonchev–Trinajstić information content (AvgIpc) is 2.90. The average molecular weight is 316 g/mol. The van der Waals surface area contributed by atoms with E-state index in [-0.39, 0.29) is 0 Å². The summed E-state index contributed by atoms with van der Waals surface area (Å²) in [4.78, 5) is 4.46. The Morgan fingerprint density at radius 1 is 1.23 bits per heavy atom. The van der Waals surface area contributed by atoms with Crippen LogP contribution in [0.15, 0.2) is 35.3 Å². The second kappa shape index (κ2) is 8.61. The summed E-state index contributed by atoms with van der Waals surface area (Å²) < 4.78 is 44.7. The number of benzene rings is 1. The molecule has 1 aliphatic heterocycles. The van der Waals surface area contributed by atoms with Gasteiger partial charge >= 0.3 is 7.25 Å². The van der Waals surface area contributed by atoms with Crippen molar-refractivity contribution in [1.29, 1.82) is 0 Å². The Kier molecular flexibility index (Phi) is 7.15. The molecule has 1 aliphatic rings. The van der Waals surface area contributed by atoms with Crippen molar-refractivity contribution >= 4 is 18.7 Å². The number of hydrogen-bond donors (Lipinski definition) is 0. The van der Waals surface area contributed by atoms with Gasteiger partial charge in [-0.1, -0.05) is 29.8 Å². The van der Waals surface area contributed by atoms with Gasteiger partial charge in [-0.25, -0.2) is 0 Å². The van der Waals surface area contributed by atoms with Crippen LogP contribution in [0.2, 0.25) is 0 Å². The third kappa shape index (κ3) is 7.85. The number of allylic oxidation sites excluding steroid dienone is 1. The van der Waals surface area contributed by atoms with Gasteiger partial charge < -0.3 is 22.0 Å². The highest BCUT2D eigenvalue weighted by molar-refractivity contribution is 6.50. The standard InChI is InChI=1S/C15H19NO.BF4/c1-3-17-15(11-14-5-4-10-16-14)13-8-6-12(2)7-9-13;2-1(3,4)5/h6-9,11H,3-5,10H2,1-2H3;/q;-1. The fourth-order valence-electron chi connectivity index (χ4n) is 1.91. The Hall–Kier alpha value is -1.79. The summed E-state index contributed by atoms with van der Waals surface area (Å²) in [5.41, 5.74) is 3.56. The minimum Gasteiger partial charge on any atom is -0.493 e. The summed E-state index contributed by atoms with van der Waals surface area (Å²) in [7, 11) is -6.00. The van der Waals surface area contributed by atoms with E-state index in [0.717, 1.165) is 30.0 Å². The number of aryl methyl sites for hydroxylation is 1. The second-order valence-corrected chi connectivity index (χ2v) is 4.78. The zero-order valence-electron chi connectivity index (χ0n) is 12.7. The summed E-state index contributed by atoms with van der Waals surface area (Å²) in [6, 6.07) is 8.43. The zero-order valence-corrected chi connectivity index (χ0v) is 12.7. The van der Waals surface area contributed by atoms with Crippen molar-refractivity contribution in [3.8, 4) is 0 Å². The highest BCUT2D eigenvalue weighted by Crippen LogP contribution is 2.19. The van der Waals surface area contributed by atoms with Crippen LogP contribution >= 0.6 is 0 Å². The molecule has 7 heteroatoms. The summed E-state index contributed by atoms with van der Waals surface area (Å²) in [6.45, 7) is 5.75. The van der Waals surface area contributed by atoms with Crippen molar-refractivity contribution in [2.75, 3.05) is 13.2 Å². The van der Waals surface area contributed by atoms with Gasteiger partial charge in [0.05, 0.1) is 6.61 Å². The molecule has 0 aromatic heterocycles. The van der Waals surface area contributed by atoms with Crippen LogP contribution in [0, 0.1) is 6.92 Å². The molecule has 122 valence electrons. The van der Waals surface area contributed by atoms with Crippen LogP contribution in [0.25, 0.3) is 5.76 Å². The first-order valence-corrected chi connectivity index (χ1v) is 7.11. The van der Waals surface area contributed by atoms with Crippen LogP contribution in [-0.4, -0.2) is 26.1 Å². The van der Waals surface area contributed by atoms with Crippen molar-refractivity contribution in [2.24, 2.45) is 4.99 Å². The lowest BCUT2D eigenvalue weighted by Crippen LogP contribution is -2.02. The van der Waals surface area contributed by atoms with Gasteiger partial charge in [-0.2, -0.15) is 0 Å². The van der Waals surface area contributed by atoms with Crippen molar-refractivity contribution in [3.63, 3.8) is 0 Å². The maximum Gasteiger partial charge on any atom is 0.673 e. The lowest BCUT2D eigenvalue weighted by Gasteiger charge is -2.09. The van der Waals surface area contributed by atoms with Crippen LogP contribution in [0.3, 0.4) is 0 Å². The van der Waals surface area contributed by atoms with E-state index in [2.05, 4.69) is 42.3 Å². The molecule has 0 unspecified atom stereocenters. The molecule has 2 rings (SSSR count). The predicted molar refractivity (Wildman–Crippen MR) is 82.5 cm³/mol. The first kappa shape index (κ1) is 18.3. The van der Waals surface area contributed by atoms with Gasteiger partial charge in [-0.15, -0.1) is 0 Å². The van der Waals surface area contributed by atoms with E-state index >= 15 is 0 Å². The molecular weight excluding hydrogens is 297 g/mol. The minimum absolute atomic E-state index is 0.687. The van der Waals surface area contributed by atoms with E-state index in [1.54, 1.807) is 0 Å². The normalized spacial score (nSPS) is 15.0. The van der Waals surface area contributed by atoms with Crippen molar-refractivity contribution in [3.05, 3.63) is 41.5 Å². The van der Waals surface area contributed by atoms with Gasteiger partial charge in [0.25, 0.3) is 0 Å². The van der Waals surface area contributed by atoms with Crippen LogP contribution in [0.5, 0.6) is 0 Å². The molecule has 2 nitrogen and oxygen atoms in total. The maximum atomic E-state index is 9.75. The van der Waals surface area contributed by atoms with E-state index in [4.69, 9.17) is 4.74 Å². The lowest BCUT2D eigenvalue weighted by atomic mass is 10.1. The highest BCUT2D eigenvalue weighted by atomic mass is 19.5. The predicted octanol–water partition coefficient (Wildman–Crippen LogP) is 4.91. The Labute approximate surface area is 128 Å². The van der Waals surface area contributed by atoms with E-state index in [1.807, 2.05) is 6.92 Å². The summed E-state index contributed by atoms with van der Waals surface area (Å²) in [5.74, 6) is 0.938. The number of nitrogens with zero attached hydrogens (tertiary/aromatic N) is 1. The molecule has 0 N–H and O–H groups in total. The number of aliphatic imine (C=N–C) groups is 1. The fraction of sp³-hybridized carbons (Fsp3) is 0.400. The van der Waals surface area contributed by atoms with Gasteiger partial charge in [0.15, 0.2) is 0 Å². The van der Waals surface area contributed by atoms with Crippen molar-refractivity contribution < 1.29 is 22.0 Å². The Bertz CT molecular complexity index is 517. The Balaban J connectivity index is 0.000000422. The summed E-state index contributed by atoms with van der Waals surface area (Å²) in [6.07, 6.45) is 4.32. The number of ether oxygens (including phenoxy) is 1. The van der Waals surface area contributed by atoms with Gasteiger partial charge in [0, 0.05) is 23.9 Å². The molecule has 1 heterocycles. The molecular formula is C15H19BF4NO-. The first-order chi connectivity index (χ1) is 10.3. The monoisotopic (exact) mass is 316 g/mol. The molecule has 0 atom stereocenters. The number of halogens is 4. The van der Waals surface area contributed by atoms with E-state index in [1.165, 1.54) is 12.0 Å². The number of hydrogen-bond acceptors (Lipinski definition) is 2. The van der Waals surface area contributed by atoms with Crippen LogP contribution in [-0.2, 0) is 4.74 Å². The second-order valence-electron chi connectivity index (χ2n) is 4.78. The topological polar surface area (TPSA) is 21.6 Å². The largest absolute Gasteiger partial charge is 0.673 e. The Morgan fingerprint density at radius 2 is 1.82 bits per heavy atom. The summed E-state index contributed by atoms with van der Waals surface area (Å²) in [5, 5.41) is 0. The molecule has 22 heavy (non-hydrogen) atoms. The van der Waals surface area contributed by atoms with Gasteiger partial charge in [-0.3, -0.25) is 4.99 Å². The van der Waals surface area contributed by atoms with Gasteiger partial charge in [0.1, 0.15) is 5.76 Å². The van der Waals surface area contributed by atoms with Crippen LogP contribution in [0.4, 0.5) is 17.3 Å². The van der Waals surface area contributed by atoms with Crippen LogP contribution < -0.4 is 0 Å². The highest BCUT2D eigenvalue weighted by Gasteiger charge is 2.20. The Morgan fingerprint density at radius 3 is 2.27 bits per heavy atom. The third-order valence-electron chi connectivity index (χ3n) is 2.84. The molecule has 0 aliphatic carbocycles. The number of rotatable bonds is 4. The minimum atomic E-state index is -6.00. The molecule has 0 spiro atoms. The van der Waals surface area contributed by atoms with E-state index in [9.17, 15) is 17.3 Å². The van der Waals surface area contributed by atoms with E-state index < -0.39 is 7.25 Å². The molecule has 1 aromatic carbocycles. The smallest absolute Gasteiger partial charge is 0.493 e. The third-order valence-corrected chi connectivity index (χ3v) is 2.84. The zero-order chi connectivity index (χ0) is 16.6. The molecule has 0 saturated heterocycles. The molecule has 0 radical (unpaired) electrons. The fourth-order valence-corrected chi connectivity index (χ4v) is 1.91. The quantitative estimate of drug-likeness (QED) is 0.439. The van der Waals surface area contributed by atoms with Gasteiger partial charge in [-0.05, 0) is 26.7 Å². The first-order valence-electron chi connectivity index (χ1n) is 7.11. The summed E-state index contributed by atoms with van der Waals surface area (Å²) >= 11 is 0. The molecule has 0 saturated carbocycles. The van der Waals surface area contributed by atoms with Gasteiger partial charge in [0.2, 0.25) is 0 Å². The molecule has 0 fully saturated rings.